The maximum Gasteiger partial charge on any atom is 0.264 e. The predicted octanol–water partition coefficient (Wildman–Crippen LogP) is 5.49. The Morgan fingerprint density at radius 3 is 1.95 bits per heavy atom. The summed E-state index contributed by atoms with van der Waals surface area (Å²) in [5.41, 5.74) is 2.67. The van der Waals surface area contributed by atoms with Gasteiger partial charge in [0.25, 0.3) is 10.0 Å². The van der Waals surface area contributed by atoms with E-state index < -0.39 is 34.3 Å². The quantitative estimate of drug-likeness (QED) is 0.233. The largest absolute Gasteiger partial charge is 0.352 e. The second-order valence-corrected chi connectivity index (χ2v) is 12.5. The van der Waals surface area contributed by atoms with Gasteiger partial charge in [-0.3, -0.25) is 13.9 Å². The molecule has 2 amide bonds. The molecule has 7 nitrogen and oxygen atoms in total. The van der Waals surface area contributed by atoms with E-state index in [0.29, 0.717) is 11.3 Å². The number of hydrogen-bond donors (Lipinski definition) is 1. The number of nitrogens with one attached hydrogen (secondary N) is 1. The van der Waals surface area contributed by atoms with Gasteiger partial charge in [0.1, 0.15) is 18.4 Å². The molecule has 9 heteroatoms. The highest BCUT2D eigenvalue weighted by atomic mass is 32.2. The molecule has 0 aliphatic heterocycles. The first kappa shape index (κ1) is 31.4. The molecule has 0 radical (unpaired) electrons. The van der Waals surface area contributed by atoms with Gasteiger partial charge in [0.15, 0.2) is 0 Å². The fraction of sp³-hybridized carbons (Fsp3) is 0.235. The number of anilines is 1. The Balaban J connectivity index is 1.79. The van der Waals surface area contributed by atoms with Crippen molar-refractivity contribution in [1.29, 1.82) is 0 Å². The highest BCUT2D eigenvalue weighted by Crippen LogP contribution is 2.25. The molecule has 0 saturated heterocycles. The third-order valence-electron chi connectivity index (χ3n) is 6.90. The van der Waals surface area contributed by atoms with Crippen LogP contribution in [0.5, 0.6) is 0 Å². The zero-order chi connectivity index (χ0) is 31.0. The molecule has 0 spiro atoms. The number of nitrogens with zero attached hydrogens (tertiary/aromatic N) is 2. The lowest BCUT2D eigenvalue weighted by Crippen LogP contribution is -2.54. The molecule has 0 bridgehead atoms. The number of aryl methyl sites for hydroxylation is 1. The Labute approximate surface area is 253 Å². The summed E-state index contributed by atoms with van der Waals surface area (Å²) in [4.78, 5) is 29.4. The maximum absolute atomic E-state index is 14.3. The standard InChI is InChI=1S/C34H36FN3O4S/c1-25(2)36-34(40)32(22-27-10-6-4-7-11-27)37(23-28-16-18-29(35)19-17-28)33(39)24-38(30-20-14-26(3)15-21-30)43(41,42)31-12-8-5-9-13-31/h4-21,25,32H,22-24H2,1-3H3,(H,36,40)/t32-/m1/s1. The molecule has 0 heterocycles. The lowest BCUT2D eigenvalue weighted by molar-refractivity contribution is -0.140. The minimum Gasteiger partial charge on any atom is -0.352 e. The second-order valence-electron chi connectivity index (χ2n) is 10.7. The number of carbonyl (C=O) groups excluding carboxylic acids is 2. The van der Waals surface area contributed by atoms with Gasteiger partial charge in [-0.25, -0.2) is 12.8 Å². The van der Waals surface area contributed by atoms with Gasteiger partial charge in [-0.15, -0.1) is 0 Å². The van der Waals surface area contributed by atoms with Crippen LogP contribution in [0.25, 0.3) is 0 Å². The lowest BCUT2D eigenvalue weighted by atomic mass is 10.0. The summed E-state index contributed by atoms with van der Waals surface area (Å²) in [7, 11) is -4.16. The minimum atomic E-state index is -4.16. The highest BCUT2D eigenvalue weighted by molar-refractivity contribution is 7.92. The van der Waals surface area contributed by atoms with E-state index in [0.717, 1.165) is 15.4 Å². The van der Waals surface area contributed by atoms with E-state index in [-0.39, 0.29) is 29.8 Å². The molecule has 0 saturated carbocycles. The van der Waals surface area contributed by atoms with E-state index >= 15 is 0 Å². The van der Waals surface area contributed by atoms with E-state index in [1.807, 2.05) is 51.1 Å². The molecule has 0 aliphatic rings. The minimum absolute atomic E-state index is 0.0325. The summed E-state index contributed by atoms with van der Waals surface area (Å²) in [6.07, 6.45) is 0.197. The van der Waals surface area contributed by atoms with Crippen molar-refractivity contribution < 1.29 is 22.4 Å². The van der Waals surface area contributed by atoms with Crippen molar-refractivity contribution >= 4 is 27.5 Å². The highest BCUT2D eigenvalue weighted by Gasteiger charge is 2.34. The van der Waals surface area contributed by atoms with Gasteiger partial charge in [-0.05, 0) is 68.3 Å². The Bertz CT molecular complexity index is 1610. The molecule has 4 aromatic carbocycles. The number of hydrogen-bond acceptors (Lipinski definition) is 4. The van der Waals surface area contributed by atoms with Crippen LogP contribution >= 0.6 is 0 Å². The van der Waals surface area contributed by atoms with Gasteiger partial charge in [-0.1, -0.05) is 78.4 Å². The summed E-state index contributed by atoms with van der Waals surface area (Å²) in [6, 6.07) is 28.6. The molecule has 4 rings (SSSR count). The maximum atomic E-state index is 14.3. The van der Waals surface area contributed by atoms with E-state index in [1.54, 1.807) is 54.6 Å². The monoisotopic (exact) mass is 601 g/mol. The van der Waals surface area contributed by atoms with Crippen molar-refractivity contribution in [2.24, 2.45) is 0 Å². The van der Waals surface area contributed by atoms with Crippen molar-refractivity contribution in [3.8, 4) is 0 Å². The van der Waals surface area contributed by atoms with Crippen LogP contribution in [-0.2, 0) is 32.6 Å². The van der Waals surface area contributed by atoms with Gasteiger partial charge in [0.2, 0.25) is 11.8 Å². The van der Waals surface area contributed by atoms with Crippen LogP contribution in [0.3, 0.4) is 0 Å². The lowest BCUT2D eigenvalue weighted by Gasteiger charge is -2.34. The summed E-state index contributed by atoms with van der Waals surface area (Å²) in [5, 5.41) is 2.92. The van der Waals surface area contributed by atoms with Gasteiger partial charge in [0.05, 0.1) is 10.6 Å². The van der Waals surface area contributed by atoms with E-state index in [1.165, 1.54) is 29.2 Å². The number of rotatable bonds is 12. The van der Waals surface area contributed by atoms with Gasteiger partial charge in [-0.2, -0.15) is 0 Å². The topological polar surface area (TPSA) is 86.8 Å². The molecule has 0 unspecified atom stereocenters. The van der Waals surface area contributed by atoms with Crippen molar-refractivity contribution in [2.75, 3.05) is 10.8 Å². The van der Waals surface area contributed by atoms with Crippen molar-refractivity contribution in [1.82, 2.24) is 10.2 Å². The zero-order valence-corrected chi connectivity index (χ0v) is 25.3. The van der Waals surface area contributed by atoms with Gasteiger partial charge < -0.3 is 10.2 Å². The SMILES string of the molecule is Cc1ccc(N(CC(=O)N(Cc2ccc(F)cc2)[C@H](Cc2ccccc2)C(=O)NC(C)C)S(=O)(=O)c2ccccc2)cc1. The fourth-order valence-corrected chi connectivity index (χ4v) is 6.12. The van der Waals surface area contributed by atoms with Crippen LogP contribution in [0.4, 0.5) is 10.1 Å². The first-order valence-corrected chi connectivity index (χ1v) is 15.5. The normalized spacial score (nSPS) is 12.0. The van der Waals surface area contributed by atoms with Crippen LogP contribution in [-0.4, -0.2) is 43.8 Å². The zero-order valence-electron chi connectivity index (χ0n) is 24.5. The van der Waals surface area contributed by atoms with Crippen molar-refractivity contribution in [3.05, 3.63) is 132 Å². The molecule has 0 aliphatic carbocycles. The van der Waals surface area contributed by atoms with Crippen molar-refractivity contribution in [2.45, 2.75) is 50.7 Å². The van der Waals surface area contributed by atoms with E-state index in [4.69, 9.17) is 0 Å². The summed E-state index contributed by atoms with van der Waals surface area (Å²) >= 11 is 0. The van der Waals surface area contributed by atoms with E-state index in [2.05, 4.69) is 5.32 Å². The molecular weight excluding hydrogens is 565 g/mol. The first-order chi connectivity index (χ1) is 20.5. The molecular formula is C34H36FN3O4S. The molecule has 0 aromatic heterocycles. The van der Waals surface area contributed by atoms with E-state index in [9.17, 15) is 22.4 Å². The number of sulfonamides is 1. The predicted molar refractivity (Wildman–Crippen MR) is 166 cm³/mol. The van der Waals surface area contributed by atoms with Crippen LogP contribution in [0.1, 0.15) is 30.5 Å². The van der Waals surface area contributed by atoms with Gasteiger partial charge in [0, 0.05) is 19.0 Å². The molecule has 43 heavy (non-hydrogen) atoms. The second kappa shape index (κ2) is 14.1. The molecule has 1 N–H and O–H groups in total. The number of amides is 2. The Kier molecular flexibility index (Phi) is 10.3. The molecule has 4 aromatic rings. The third-order valence-corrected chi connectivity index (χ3v) is 8.69. The number of benzene rings is 4. The molecule has 1 atom stereocenters. The number of halogens is 1. The van der Waals surface area contributed by atoms with Crippen LogP contribution in [0, 0.1) is 12.7 Å². The third kappa shape index (κ3) is 8.29. The van der Waals surface area contributed by atoms with Crippen molar-refractivity contribution in [3.63, 3.8) is 0 Å². The van der Waals surface area contributed by atoms with Gasteiger partial charge >= 0.3 is 0 Å². The summed E-state index contributed by atoms with van der Waals surface area (Å²) in [5.74, 6) is -1.38. The first-order valence-electron chi connectivity index (χ1n) is 14.1. The molecule has 0 fully saturated rings. The summed E-state index contributed by atoms with van der Waals surface area (Å²) < 4.78 is 42.7. The van der Waals surface area contributed by atoms with Crippen LogP contribution in [0.15, 0.2) is 114 Å². The average Bonchev–Trinajstić information content (AvgIpc) is 2.99. The Hall–Kier alpha value is -4.50. The molecule has 224 valence electrons. The average molecular weight is 602 g/mol. The Morgan fingerprint density at radius 1 is 0.791 bits per heavy atom. The Morgan fingerprint density at radius 2 is 1.37 bits per heavy atom. The summed E-state index contributed by atoms with van der Waals surface area (Å²) in [6.45, 7) is 4.96. The number of carbonyl (C=O) groups is 2. The van der Waals surface area contributed by atoms with Crippen LogP contribution in [0.2, 0.25) is 0 Å². The van der Waals surface area contributed by atoms with Crippen LogP contribution < -0.4 is 9.62 Å². The fourth-order valence-electron chi connectivity index (χ4n) is 4.68. The smallest absolute Gasteiger partial charge is 0.264 e.